The van der Waals surface area contributed by atoms with E-state index in [4.69, 9.17) is 24.5 Å². The second kappa shape index (κ2) is 9.89. The van der Waals surface area contributed by atoms with Gasteiger partial charge < -0.3 is 24.1 Å². The fourth-order valence-corrected chi connectivity index (χ4v) is 2.63. The molecule has 1 heterocycles. The van der Waals surface area contributed by atoms with Gasteiger partial charge in [0.1, 0.15) is 6.10 Å². The van der Waals surface area contributed by atoms with Gasteiger partial charge in [0.25, 0.3) is 0 Å². The summed E-state index contributed by atoms with van der Waals surface area (Å²) in [5.74, 6) is -1.30. The SMILES string of the molecule is CC(=O)OC1C(O)[C@H](OC(=O)c2ccccc2)C(C)O[C@H]1OCCN=[N+]=[N-]. The van der Waals surface area contributed by atoms with Crippen LogP contribution < -0.4 is 0 Å². The van der Waals surface area contributed by atoms with E-state index in [-0.39, 0.29) is 13.2 Å². The van der Waals surface area contributed by atoms with Crippen LogP contribution >= 0.6 is 0 Å². The van der Waals surface area contributed by atoms with Crippen LogP contribution in [0.15, 0.2) is 35.4 Å². The van der Waals surface area contributed by atoms with Crippen LogP contribution in [0, 0.1) is 0 Å². The summed E-state index contributed by atoms with van der Waals surface area (Å²) >= 11 is 0. The van der Waals surface area contributed by atoms with Gasteiger partial charge in [-0.25, -0.2) is 4.79 Å². The zero-order valence-corrected chi connectivity index (χ0v) is 14.9. The monoisotopic (exact) mass is 379 g/mol. The Morgan fingerprint density at radius 3 is 2.59 bits per heavy atom. The zero-order valence-electron chi connectivity index (χ0n) is 14.9. The van der Waals surface area contributed by atoms with E-state index in [2.05, 4.69) is 10.0 Å². The van der Waals surface area contributed by atoms with Gasteiger partial charge in [-0.05, 0) is 24.6 Å². The van der Waals surface area contributed by atoms with E-state index in [1.807, 2.05) is 0 Å². The van der Waals surface area contributed by atoms with Gasteiger partial charge in [-0.3, -0.25) is 4.79 Å². The predicted octanol–water partition coefficient (Wildman–Crippen LogP) is 1.58. The predicted molar refractivity (Wildman–Crippen MR) is 91.5 cm³/mol. The van der Waals surface area contributed by atoms with Crippen molar-refractivity contribution in [2.75, 3.05) is 13.2 Å². The molecule has 10 heteroatoms. The minimum Gasteiger partial charge on any atom is -0.454 e. The number of esters is 2. The van der Waals surface area contributed by atoms with Gasteiger partial charge in [0.05, 0.1) is 18.3 Å². The minimum absolute atomic E-state index is 0.000398. The van der Waals surface area contributed by atoms with Crippen molar-refractivity contribution in [1.82, 2.24) is 0 Å². The molecule has 10 nitrogen and oxygen atoms in total. The standard InChI is InChI=1S/C17H21N3O7/c1-10-14(27-16(23)12-6-4-3-5-7-12)13(22)15(26-11(2)21)17(25-10)24-9-8-19-20-18/h3-7,10,13-15,17,22H,8-9H2,1-2H3/t10?,13?,14-,15?,17-/m1/s1. The summed E-state index contributed by atoms with van der Waals surface area (Å²) in [6.45, 7) is 2.81. The van der Waals surface area contributed by atoms with Crippen LogP contribution in [0.1, 0.15) is 24.2 Å². The highest BCUT2D eigenvalue weighted by Gasteiger charge is 2.48. The smallest absolute Gasteiger partial charge is 0.338 e. The van der Waals surface area contributed by atoms with Crippen LogP contribution in [0.5, 0.6) is 0 Å². The normalized spacial score (nSPS) is 27.3. The fraction of sp³-hybridized carbons (Fsp3) is 0.529. The van der Waals surface area contributed by atoms with Crippen molar-refractivity contribution in [3.8, 4) is 0 Å². The maximum atomic E-state index is 12.3. The van der Waals surface area contributed by atoms with E-state index in [0.29, 0.717) is 5.56 Å². The van der Waals surface area contributed by atoms with Crippen LogP contribution in [0.3, 0.4) is 0 Å². The number of nitrogens with zero attached hydrogens (tertiary/aromatic N) is 3. The average Bonchev–Trinajstić information content (AvgIpc) is 2.65. The third-order valence-corrected chi connectivity index (χ3v) is 3.84. The Balaban J connectivity index is 2.10. The fourth-order valence-electron chi connectivity index (χ4n) is 2.63. The van der Waals surface area contributed by atoms with Crippen LogP contribution in [-0.2, 0) is 23.7 Å². The second-order valence-corrected chi connectivity index (χ2v) is 5.84. The van der Waals surface area contributed by atoms with Crippen molar-refractivity contribution in [3.05, 3.63) is 46.3 Å². The number of hydrogen-bond donors (Lipinski definition) is 1. The van der Waals surface area contributed by atoms with Gasteiger partial charge in [0.2, 0.25) is 0 Å². The second-order valence-electron chi connectivity index (χ2n) is 5.84. The summed E-state index contributed by atoms with van der Waals surface area (Å²) in [7, 11) is 0. The highest BCUT2D eigenvalue weighted by molar-refractivity contribution is 5.89. The summed E-state index contributed by atoms with van der Waals surface area (Å²) in [5, 5.41) is 13.9. The number of azide groups is 1. The molecule has 3 unspecified atom stereocenters. The van der Waals surface area contributed by atoms with Crippen molar-refractivity contribution >= 4 is 11.9 Å². The van der Waals surface area contributed by atoms with Crippen molar-refractivity contribution < 1.29 is 33.6 Å². The maximum Gasteiger partial charge on any atom is 0.338 e. The lowest BCUT2D eigenvalue weighted by atomic mass is 9.99. The Labute approximate surface area is 155 Å². The van der Waals surface area contributed by atoms with Gasteiger partial charge >= 0.3 is 11.9 Å². The van der Waals surface area contributed by atoms with Crippen molar-refractivity contribution in [1.29, 1.82) is 0 Å². The molecule has 0 aromatic heterocycles. The first-order valence-corrected chi connectivity index (χ1v) is 8.33. The lowest BCUT2D eigenvalue weighted by molar-refractivity contribution is -0.295. The molecule has 1 fully saturated rings. The van der Waals surface area contributed by atoms with Crippen molar-refractivity contribution in [3.63, 3.8) is 0 Å². The van der Waals surface area contributed by atoms with E-state index < -0.39 is 42.6 Å². The van der Waals surface area contributed by atoms with Gasteiger partial charge in [-0.2, -0.15) is 0 Å². The molecule has 5 atom stereocenters. The molecule has 0 bridgehead atoms. The number of carbonyl (C=O) groups excluding carboxylic acids is 2. The minimum atomic E-state index is -1.37. The first-order chi connectivity index (χ1) is 12.9. The number of rotatable bonds is 7. The number of ether oxygens (including phenoxy) is 4. The van der Waals surface area contributed by atoms with E-state index >= 15 is 0 Å². The Morgan fingerprint density at radius 2 is 1.96 bits per heavy atom. The molecule has 1 saturated heterocycles. The molecular weight excluding hydrogens is 358 g/mol. The molecule has 1 aliphatic heterocycles. The first-order valence-electron chi connectivity index (χ1n) is 8.33. The molecule has 2 rings (SSSR count). The van der Waals surface area contributed by atoms with Gasteiger partial charge in [0, 0.05) is 18.4 Å². The van der Waals surface area contributed by atoms with Gasteiger partial charge in [0.15, 0.2) is 18.5 Å². The molecule has 1 aromatic rings. The molecule has 146 valence electrons. The van der Waals surface area contributed by atoms with Crippen LogP contribution in [0.25, 0.3) is 10.4 Å². The molecule has 1 aromatic carbocycles. The number of benzene rings is 1. The van der Waals surface area contributed by atoms with Crippen LogP contribution in [0.2, 0.25) is 0 Å². The van der Waals surface area contributed by atoms with E-state index in [0.717, 1.165) is 0 Å². The molecule has 27 heavy (non-hydrogen) atoms. The molecule has 0 aliphatic carbocycles. The molecule has 0 spiro atoms. The topological polar surface area (TPSA) is 140 Å². The quantitative estimate of drug-likeness (QED) is 0.249. The molecule has 1 aliphatic rings. The Morgan fingerprint density at radius 1 is 1.26 bits per heavy atom. The lowest BCUT2D eigenvalue weighted by Gasteiger charge is -2.42. The zero-order chi connectivity index (χ0) is 19.8. The largest absolute Gasteiger partial charge is 0.454 e. The number of aliphatic hydroxyl groups is 1. The van der Waals surface area contributed by atoms with Gasteiger partial charge in [-0.1, -0.05) is 23.3 Å². The first kappa shape index (κ1) is 20.7. The Bertz CT molecular complexity index is 693. The van der Waals surface area contributed by atoms with Crippen LogP contribution in [0.4, 0.5) is 0 Å². The molecule has 0 saturated carbocycles. The highest BCUT2D eigenvalue weighted by atomic mass is 16.7. The lowest BCUT2D eigenvalue weighted by Crippen LogP contribution is -2.60. The van der Waals surface area contributed by atoms with E-state index in [1.54, 1.807) is 37.3 Å². The Kier molecular flexibility index (Phi) is 7.56. The van der Waals surface area contributed by atoms with Gasteiger partial charge in [-0.15, -0.1) is 0 Å². The summed E-state index contributed by atoms with van der Waals surface area (Å²) in [4.78, 5) is 26.3. The number of carbonyl (C=O) groups is 2. The molecule has 0 radical (unpaired) electrons. The maximum absolute atomic E-state index is 12.3. The van der Waals surface area contributed by atoms with Crippen LogP contribution in [-0.4, -0.2) is 60.9 Å². The summed E-state index contributed by atoms with van der Waals surface area (Å²) in [6.07, 6.45) is -5.48. The average molecular weight is 379 g/mol. The van der Waals surface area contributed by atoms with E-state index in [9.17, 15) is 14.7 Å². The third kappa shape index (κ3) is 5.66. The third-order valence-electron chi connectivity index (χ3n) is 3.84. The van der Waals surface area contributed by atoms with Crippen molar-refractivity contribution in [2.24, 2.45) is 5.11 Å². The number of aliphatic hydroxyl groups excluding tert-OH is 1. The Hall–Kier alpha value is -2.65. The van der Waals surface area contributed by atoms with E-state index in [1.165, 1.54) is 6.92 Å². The summed E-state index contributed by atoms with van der Waals surface area (Å²) < 4.78 is 21.5. The van der Waals surface area contributed by atoms with Crippen molar-refractivity contribution in [2.45, 2.75) is 44.6 Å². The summed E-state index contributed by atoms with van der Waals surface area (Å²) in [5.41, 5.74) is 8.60. The molecule has 0 amide bonds. The highest BCUT2D eigenvalue weighted by Crippen LogP contribution is 2.27. The summed E-state index contributed by atoms with van der Waals surface area (Å²) in [6, 6.07) is 8.28. The molecular formula is C17H21N3O7. The number of hydrogen-bond acceptors (Lipinski definition) is 8. The molecule has 1 N–H and O–H groups in total.